The van der Waals surface area contributed by atoms with Crippen LogP contribution in [0.25, 0.3) is 0 Å². The monoisotopic (exact) mass is 425 g/mol. The van der Waals surface area contributed by atoms with Crippen LogP contribution in [0.5, 0.6) is 5.75 Å². The van der Waals surface area contributed by atoms with Crippen molar-refractivity contribution in [2.45, 2.75) is 4.90 Å². The van der Waals surface area contributed by atoms with Crippen LogP contribution in [0.4, 0.5) is 0 Å². The van der Waals surface area contributed by atoms with Crippen LogP contribution in [0, 0.1) is 0 Å². The van der Waals surface area contributed by atoms with Crippen LogP contribution in [-0.4, -0.2) is 44.8 Å². The molecule has 1 amide bonds. The first-order valence-electron chi connectivity index (χ1n) is 7.78. The fraction of sp³-hybridized carbons (Fsp3) is 0.118. The molecule has 0 spiro atoms. The van der Waals surface area contributed by atoms with E-state index in [0.29, 0.717) is 16.3 Å². The summed E-state index contributed by atoms with van der Waals surface area (Å²) >= 11 is 5.71. The van der Waals surface area contributed by atoms with Crippen molar-refractivity contribution in [2.75, 3.05) is 13.2 Å². The van der Waals surface area contributed by atoms with Gasteiger partial charge in [0.1, 0.15) is 5.75 Å². The first-order chi connectivity index (χ1) is 13.3. The zero-order valence-electron chi connectivity index (χ0n) is 14.3. The lowest BCUT2D eigenvalue weighted by molar-refractivity contribution is -0.139. The van der Waals surface area contributed by atoms with Gasteiger partial charge in [-0.3, -0.25) is 4.79 Å². The van der Waals surface area contributed by atoms with E-state index in [1.807, 2.05) is 0 Å². The van der Waals surface area contributed by atoms with E-state index in [4.69, 9.17) is 21.4 Å². The molecule has 0 saturated heterocycles. The van der Waals surface area contributed by atoms with Crippen LogP contribution >= 0.6 is 11.6 Å². The molecule has 0 aliphatic rings. The van der Waals surface area contributed by atoms with Gasteiger partial charge in [-0.25, -0.2) is 23.4 Å². The van der Waals surface area contributed by atoms with E-state index < -0.39 is 35.1 Å². The number of hydrogen-bond donors (Lipinski definition) is 3. The molecule has 0 aromatic heterocycles. The van der Waals surface area contributed by atoms with Gasteiger partial charge in [0, 0.05) is 5.02 Å². The minimum Gasteiger partial charge on any atom is -0.482 e. The molecule has 9 nitrogen and oxygen atoms in total. The van der Waals surface area contributed by atoms with E-state index >= 15 is 0 Å². The van der Waals surface area contributed by atoms with Gasteiger partial charge in [0.05, 0.1) is 17.7 Å². The van der Waals surface area contributed by atoms with Crippen LogP contribution in [0.3, 0.4) is 0 Å². The molecule has 0 aliphatic carbocycles. The van der Waals surface area contributed by atoms with Crippen LogP contribution in [-0.2, 0) is 19.6 Å². The molecule has 0 fully saturated rings. The lowest BCUT2D eigenvalue weighted by Gasteiger charge is -2.06. The van der Waals surface area contributed by atoms with Crippen molar-refractivity contribution in [3.63, 3.8) is 0 Å². The van der Waals surface area contributed by atoms with Gasteiger partial charge < -0.3 is 9.84 Å². The fourth-order valence-corrected chi connectivity index (χ4v) is 2.98. The first kappa shape index (κ1) is 21.4. The molecule has 0 saturated carbocycles. The minimum absolute atomic E-state index is 0.0154. The van der Waals surface area contributed by atoms with Crippen molar-refractivity contribution < 1.29 is 27.9 Å². The van der Waals surface area contributed by atoms with E-state index in [-0.39, 0.29) is 4.90 Å². The maximum atomic E-state index is 12.0. The normalized spacial score (nSPS) is 11.3. The van der Waals surface area contributed by atoms with Gasteiger partial charge in [0.25, 0.3) is 5.91 Å². The number of sulfonamides is 1. The van der Waals surface area contributed by atoms with Gasteiger partial charge in [0.15, 0.2) is 6.61 Å². The molecule has 0 atom stereocenters. The zero-order valence-corrected chi connectivity index (χ0v) is 15.9. The Morgan fingerprint density at radius 1 is 1.11 bits per heavy atom. The van der Waals surface area contributed by atoms with Crippen LogP contribution in [0.1, 0.15) is 5.56 Å². The largest absolute Gasteiger partial charge is 0.482 e. The average Bonchev–Trinajstić information content (AvgIpc) is 2.66. The number of carboxylic acids is 1. The highest BCUT2D eigenvalue weighted by molar-refractivity contribution is 7.89. The molecular weight excluding hydrogens is 410 g/mol. The summed E-state index contributed by atoms with van der Waals surface area (Å²) in [5.74, 6) is -1.37. The quantitative estimate of drug-likeness (QED) is 0.408. The van der Waals surface area contributed by atoms with Crippen LogP contribution < -0.4 is 14.9 Å². The number of amides is 1. The Bertz CT molecular complexity index is 959. The first-order valence-corrected chi connectivity index (χ1v) is 9.64. The highest BCUT2D eigenvalue weighted by Gasteiger charge is 2.15. The van der Waals surface area contributed by atoms with Crippen molar-refractivity contribution in [1.82, 2.24) is 10.1 Å². The minimum atomic E-state index is -3.84. The Hall–Kier alpha value is -2.95. The standard InChI is InChI=1S/C17H16ClN3O6S/c18-13-3-7-15(8-4-13)28(25,26)20-10-16(22)21-19-9-12-1-5-14(6-2-12)27-11-17(23)24/h1-9,20H,10-11H2,(H,21,22)(H,23,24)/b19-9-. The Balaban J connectivity index is 1.81. The molecule has 2 aromatic rings. The van der Waals surface area contributed by atoms with Crippen molar-refractivity contribution >= 4 is 39.7 Å². The Morgan fingerprint density at radius 2 is 1.75 bits per heavy atom. The molecule has 0 bridgehead atoms. The zero-order chi connectivity index (χ0) is 20.6. The number of carbonyl (C=O) groups is 2. The summed E-state index contributed by atoms with van der Waals surface area (Å²) in [6.45, 7) is -0.945. The fourth-order valence-electron chi connectivity index (χ4n) is 1.87. The Labute approximate surface area is 166 Å². The topological polar surface area (TPSA) is 134 Å². The maximum absolute atomic E-state index is 12.0. The number of halogens is 1. The van der Waals surface area contributed by atoms with Crippen molar-refractivity contribution in [2.24, 2.45) is 5.10 Å². The number of nitrogens with one attached hydrogen (secondary N) is 2. The molecule has 0 unspecified atom stereocenters. The lowest BCUT2D eigenvalue weighted by atomic mass is 10.2. The average molecular weight is 426 g/mol. The maximum Gasteiger partial charge on any atom is 0.341 e. The predicted octanol–water partition coefficient (Wildman–Crippen LogP) is 1.23. The van der Waals surface area contributed by atoms with Crippen LogP contribution in [0.15, 0.2) is 58.5 Å². The summed E-state index contributed by atoms with van der Waals surface area (Å²) in [6.07, 6.45) is 1.34. The van der Waals surface area contributed by atoms with Gasteiger partial charge in [-0.2, -0.15) is 5.10 Å². The highest BCUT2D eigenvalue weighted by Crippen LogP contribution is 2.13. The highest BCUT2D eigenvalue weighted by atomic mass is 35.5. The third-order valence-electron chi connectivity index (χ3n) is 3.19. The summed E-state index contributed by atoms with van der Waals surface area (Å²) in [4.78, 5) is 22.1. The predicted molar refractivity (Wildman–Crippen MR) is 102 cm³/mol. The van der Waals surface area contributed by atoms with E-state index in [9.17, 15) is 18.0 Å². The number of carbonyl (C=O) groups excluding carboxylic acids is 1. The second kappa shape index (κ2) is 9.83. The van der Waals surface area contributed by atoms with Gasteiger partial charge >= 0.3 is 5.97 Å². The number of hydrazone groups is 1. The SMILES string of the molecule is O=C(O)COc1ccc(/C=N\NC(=O)CNS(=O)(=O)c2ccc(Cl)cc2)cc1. The molecule has 3 N–H and O–H groups in total. The van der Waals surface area contributed by atoms with Gasteiger partial charge in [-0.15, -0.1) is 0 Å². The van der Waals surface area contributed by atoms with E-state index in [1.165, 1.54) is 30.5 Å². The third-order valence-corrected chi connectivity index (χ3v) is 4.86. The lowest BCUT2D eigenvalue weighted by Crippen LogP contribution is -2.34. The summed E-state index contributed by atoms with van der Waals surface area (Å²) in [5, 5.41) is 12.6. The molecule has 2 aromatic carbocycles. The van der Waals surface area contributed by atoms with E-state index in [1.54, 1.807) is 24.3 Å². The van der Waals surface area contributed by atoms with Gasteiger partial charge in [-0.1, -0.05) is 11.6 Å². The number of carboxylic acid groups (broad SMARTS) is 1. The molecular formula is C17H16ClN3O6S. The number of benzene rings is 2. The molecule has 11 heteroatoms. The molecule has 148 valence electrons. The second-order valence-corrected chi connectivity index (χ2v) is 7.53. The summed E-state index contributed by atoms with van der Waals surface area (Å²) in [7, 11) is -3.84. The van der Waals surface area contributed by atoms with Crippen molar-refractivity contribution in [3.05, 3.63) is 59.1 Å². The number of hydrogen-bond acceptors (Lipinski definition) is 6. The van der Waals surface area contributed by atoms with Gasteiger partial charge in [-0.05, 0) is 54.1 Å². The second-order valence-electron chi connectivity index (χ2n) is 5.32. The Morgan fingerprint density at radius 3 is 2.36 bits per heavy atom. The van der Waals surface area contributed by atoms with Gasteiger partial charge in [0.2, 0.25) is 10.0 Å². The molecule has 2 rings (SSSR count). The van der Waals surface area contributed by atoms with Crippen molar-refractivity contribution in [3.8, 4) is 5.75 Å². The van der Waals surface area contributed by atoms with Crippen LogP contribution in [0.2, 0.25) is 5.02 Å². The van der Waals surface area contributed by atoms with E-state index in [2.05, 4.69) is 15.2 Å². The molecule has 0 radical (unpaired) electrons. The third kappa shape index (κ3) is 6.99. The number of nitrogens with zero attached hydrogens (tertiary/aromatic N) is 1. The number of rotatable bonds is 9. The molecule has 0 aliphatic heterocycles. The molecule has 0 heterocycles. The summed E-state index contributed by atoms with van der Waals surface area (Å²) < 4.78 is 31.2. The summed E-state index contributed by atoms with van der Waals surface area (Å²) in [5.41, 5.74) is 2.81. The van der Waals surface area contributed by atoms with E-state index in [0.717, 1.165) is 0 Å². The van der Waals surface area contributed by atoms with Crippen molar-refractivity contribution in [1.29, 1.82) is 0 Å². The smallest absolute Gasteiger partial charge is 0.341 e. The summed E-state index contributed by atoms with van der Waals surface area (Å²) in [6, 6.07) is 11.8. The molecule has 28 heavy (non-hydrogen) atoms. The number of aliphatic carboxylic acids is 1. The number of ether oxygens (including phenoxy) is 1. The Kier molecular flexibility index (Phi) is 7.50.